The van der Waals surface area contributed by atoms with Gasteiger partial charge >= 0.3 is 0 Å². The molecule has 0 bridgehead atoms. The van der Waals surface area contributed by atoms with E-state index in [9.17, 15) is 9.59 Å². The molecule has 0 saturated carbocycles. The molecular formula is C23H28Cl2N2O3. The van der Waals surface area contributed by atoms with Crippen LogP contribution in [-0.4, -0.2) is 34.9 Å². The van der Waals surface area contributed by atoms with Crippen LogP contribution in [0.5, 0.6) is 5.75 Å². The van der Waals surface area contributed by atoms with Crippen LogP contribution in [0, 0.1) is 6.92 Å². The number of amides is 2. The maximum Gasteiger partial charge on any atom is 0.261 e. The first kappa shape index (κ1) is 24.0. The zero-order chi connectivity index (χ0) is 22.5. The quantitative estimate of drug-likeness (QED) is 0.644. The number of carbonyl (C=O) groups is 2. The highest BCUT2D eigenvalue weighted by Gasteiger charge is 2.29. The summed E-state index contributed by atoms with van der Waals surface area (Å²) in [6, 6.07) is 11.8. The van der Waals surface area contributed by atoms with Crippen molar-refractivity contribution >= 4 is 35.0 Å². The van der Waals surface area contributed by atoms with Crippen LogP contribution in [0.1, 0.15) is 38.8 Å². The highest BCUT2D eigenvalue weighted by molar-refractivity contribution is 6.36. The molecular weight excluding hydrogens is 423 g/mol. The molecule has 0 fully saturated rings. The normalized spacial score (nSPS) is 12.2. The number of aryl methyl sites for hydroxylation is 1. The summed E-state index contributed by atoms with van der Waals surface area (Å²) < 4.78 is 5.67. The zero-order valence-corrected chi connectivity index (χ0v) is 19.5. The number of hydrogen-bond acceptors (Lipinski definition) is 3. The van der Waals surface area contributed by atoms with E-state index in [2.05, 4.69) is 5.32 Å². The topological polar surface area (TPSA) is 58.6 Å². The van der Waals surface area contributed by atoms with Crippen molar-refractivity contribution in [1.82, 2.24) is 10.2 Å². The molecule has 0 aliphatic heterocycles. The van der Waals surface area contributed by atoms with E-state index in [4.69, 9.17) is 27.9 Å². The van der Waals surface area contributed by atoms with Gasteiger partial charge in [0.15, 0.2) is 6.61 Å². The lowest BCUT2D eigenvalue weighted by Crippen LogP contribution is -2.53. The molecule has 162 valence electrons. The molecule has 0 heterocycles. The van der Waals surface area contributed by atoms with Gasteiger partial charge in [0.05, 0.1) is 0 Å². The molecule has 2 aromatic carbocycles. The van der Waals surface area contributed by atoms with Gasteiger partial charge in [-0.1, -0.05) is 41.4 Å². The SMILES string of the molecule is Cc1cccc(OCC(=O)N(Cc2c(Cl)cccc2Cl)[C@@H](C)C(=O)NC(C)(C)C)c1. The Morgan fingerprint density at radius 3 is 2.27 bits per heavy atom. The van der Waals surface area contributed by atoms with Crippen LogP contribution >= 0.6 is 23.2 Å². The van der Waals surface area contributed by atoms with Crippen LogP contribution in [0.3, 0.4) is 0 Å². The Kier molecular flexibility index (Phi) is 8.16. The van der Waals surface area contributed by atoms with E-state index in [-0.39, 0.29) is 25.0 Å². The average molecular weight is 451 g/mol. The van der Waals surface area contributed by atoms with Crippen LogP contribution in [-0.2, 0) is 16.1 Å². The van der Waals surface area contributed by atoms with Crippen LogP contribution in [0.4, 0.5) is 0 Å². The van der Waals surface area contributed by atoms with Crippen LogP contribution < -0.4 is 10.1 Å². The van der Waals surface area contributed by atoms with Gasteiger partial charge in [0.25, 0.3) is 5.91 Å². The lowest BCUT2D eigenvalue weighted by atomic mass is 10.1. The number of halogens is 2. The molecule has 0 aliphatic rings. The van der Waals surface area contributed by atoms with Crippen molar-refractivity contribution in [3.8, 4) is 5.75 Å². The second-order valence-corrected chi connectivity index (χ2v) is 9.06. The third kappa shape index (κ3) is 6.92. The summed E-state index contributed by atoms with van der Waals surface area (Å²) in [5, 5.41) is 3.78. The molecule has 2 aromatic rings. The second kappa shape index (κ2) is 10.2. The van der Waals surface area contributed by atoms with E-state index < -0.39 is 11.6 Å². The molecule has 30 heavy (non-hydrogen) atoms. The Labute approximate surface area is 188 Å². The summed E-state index contributed by atoms with van der Waals surface area (Å²) in [5.74, 6) is -0.0236. The van der Waals surface area contributed by atoms with Crippen molar-refractivity contribution in [1.29, 1.82) is 0 Å². The van der Waals surface area contributed by atoms with Gasteiger partial charge < -0.3 is 15.0 Å². The van der Waals surface area contributed by atoms with E-state index in [1.807, 2.05) is 45.9 Å². The number of carbonyl (C=O) groups excluding carboxylic acids is 2. The van der Waals surface area contributed by atoms with E-state index in [1.165, 1.54) is 4.90 Å². The van der Waals surface area contributed by atoms with Gasteiger partial charge in [-0.2, -0.15) is 0 Å². The van der Waals surface area contributed by atoms with Gasteiger partial charge in [-0.05, 0) is 64.4 Å². The predicted octanol–water partition coefficient (Wildman–Crippen LogP) is 5.01. The van der Waals surface area contributed by atoms with Gasteiger partial charge in [0.2, 0.25) is 5.91 Å². The molecule has 0 aromatic heterocycles. The molecule has 0 unspecified atom stereocenters. The Hall–Kier alpha value is -2.24. The number of benzene rings is 2. The average Bonchev–Trinajstić information content (AvgIpc) is 2.64. The van der Waals surface area contributed by atoms with Crippen molar-refractivity contribution in [2.75, 3.05) is 6.61 Å². The van der Waals surface area contributed by atoms with Gasteiger partial charge in [0.1, 0.15) is 11.8 Å². The summed E-state index contributed by atoms with van der Waals surface area (Å²) in [7, 11) is 0. The fourth-order valence-electron chi connectivity index (χ4n) is 2.84. The lowest BCUT2D eigenvalue weighted by Gasteiger charge is -2.31. The maximum absolute atomic E-state index is 13.1. The molecule has 7 heteroatoms. The summed E-state index contributed by atoms with van der Waals surface area (Å²) in [4.78, 5) is 27.3. The third-order valence-corrected chi connectivity index (χ3v) is 5.12. The van der Waals surface area contributed by atoms with E-state index in [1.54, 1.807) is 31.2 Å². The molecule has 0 aliphatic carbocycles. The first-order chi connectivity index (χ1) is 14.0. The number of rotatable bonds is 7. The molecule has 0 saturated heterocycles. The van der Waals surface area contributed by atoms with Gasteiger partial charge in [-0.25, -0.2) is 0 Å². The van der Waals surface area contributed by atoms with Crippen molar-refractivity contribution in [2.45, 2.75) is 52.7 Å². The number of nitrogens with one attached hydrogen (secondary N) is 1. The fraction of sp³-hybridized carbons (Fsp3) is 0.391. The first-order valence-corrected chi connectivity index (χ1v) is 10.5. The first-order valence-electron chi connectivity index (χ1n) is 9.72. The summed E-state index contributed by atoms with van der Waals surface area (Å²) in [5.41, 5.74) is 1.18. The number of ether oxygens (including phenoxy) is 1. The maximum atomic E-state index is 13.1. The minimum atomic E-state index is -0.745. The highest BCUT2D eigenvalue weighted by Crippen LogP contribution is 2.26. The largest absolute Gasteiger partial charge is 0.484 e. The Balaban J connectivity index is 2.25. The molecule has 1 N–H and O–H groups in total. The molecule has 2 rings (SSSR count). The number of hydrogen-bond donors (Lipinski definition) is 1. The van der Waals surface area contributed by atoms with Crippen molar-refractivity contribution in [2.24, 2.45) is 0 Å². The fourth-order valence-corrected chi connectivity index (χ4v) is 3.36. The van der Waals surface area contributed by atoms with Crippen LogP contribution in [0.25, 0.3) is 0 Å². The Morgan fingerprint density at radius 1 is 1.10 bits per heavy atom. The Bertz CT molecular complexity index is 889. The van der Waals surface area contributed by atoms with Crippen molar-refractivity contribution in [3.63, 3.8) is 0 Å². The minimum Gasteiger partial charge on any atom is -0.484 e. The van der Waals surface area contributed by atoms with E-state index >= 15 is 0 Å². The number of nitrogens with zero attached hydrogens (tertiary/aromatic N) is 1. The van der Waals surface area contributed by atoms with Crippen molar-refractivity contribution in [3.05, 3.63) is 63.6 Å². The molecule has 5 nitrogen and oxygen atoms in total. The summed E-state index contributed by atoms with van der Waals surface area (Å²) in [6.45, 7) is 9.16. The standard InChI is InChI=1S/C23H28Cl2N2O3/c1-15-8-6-9-17(12-15)30-14-21(28)27(16(2)22(29)26-23(3,4)5)13-18-19(24)10-7-11-20(18)25/h6-12,16H,13-14H2,1-5H3,(H,26,29)/t16-/m0/s1. The summed E-state index contributed by atoms with van der Waals surface area (Å²) >= 11 is 12.6. The zero-order valence-electron chi connectivity index (χ0n) is 18.0. The second-order valence-electron chi connectivity index (χ2n) is 8.24. The smallest absolute Gasteiger partial charge is 0.261 e. The predicted molar refractivity (Wildman–Crippen MR) is 121 cm³/mol. The lowest BCUT2D eigenvalue weighted by molar-refractivity contribution is -0.142. The highest BCUT2D eigenvalue weighted by atomic mass is 35.5. The molecule has 0 spiro atoms. The Morgan fingerprint density at radius 2 is 1.70 bits per heavy atom. The van der Waals surface area contributed by atoms with Crippen LogP contribution in [0.15, 0.2) is 42.5 Å². The van der Waals surface area contributed by atoms with Gasteiger partial charge in [-0.3, -0.25) is 9.59 Å². The van der Waals surface area contributed by atoms with Gasteiger partial charge in [-0.15, -0.1) is 0 Å². The molecule has 1 atom stereocenters. The monoisotopic (exact) mass is 450 g/mol. The van der Waals surface area contributed by atoms with E-state index in [0.29, 0.717) is 21.4 Å². The van der Waals surface area contributed by atoms with Crippen LogP contribution in [0.2, 0.25) is 10.0 Å². The third-order valence-electron chi connectivity index (χ3n) is 4.41. The minimum absolute atomic E-state index is 0.0905. The van der Waals surface area contributed by atoms with E-state index in [0.717, 1.165) is 5.56 Å². The molecule has 2 amide bonds. The van der Waals surface area contributed by atoms with Crippen molar-refractivity contribution < 1.29 is 14.3 Å². The van der Waals surface area contributed by atoms with Gasteiger partial charge in [0, 0.05) is 27.7 Å². The molecule has 0 radical (unpaired) electrons. The summed E-state index contributed by atoms with van der Waals surface area (Å²) in [6.07, 6.45) is 0.